The number of hydrogen-bond acceptors (Lipinski definition) is 3. The number of anilines is 1. The monoisotopic (exact) mass is 382 g/mol. The third kappa shape index (κ3) is 4.38. The minimum absolute atomic E-state index is 0.363. The lowest BCUT2D eigenvalue weighted by Gasteiger charge is -2.18. The Labute approximate surface area is 162 Å². The van der Waals surface area contributed by atoms with E-state index in [1.165, 1.54) is 0 Å². The second kappa shape index (κ2) is 8.10. The van der Waals surface area contributed by atoms with Crippen LogP contribution in [-0.2, 0) is 16.6 Å². The van der Waals surface area contributed by atoms with Crippen LogP contribution in [0.1, 0.15) is 27.7 Å². The highest BCUT2D eigenvalue weighted by Crippen LogP contribution is 2.24. The van der Waals surface area contributed by atoms with E-state index in [2.05, 4.69) is 5.32 Å². The van der Waals surface area contributed by atoms with Crippen molar-refractivity contribution in [2.45, 2.75) is 13.0 Å². The summed E-state index contributed by atoms with van der Waals surface area (Å²) < 4.78 is 7.19. The van der Waals surface area contributed by atoms with Crippen LogP contribution >= 0.6 is 11.6 Å². The van der Waals surface area contributed by atoms with Gasteiger partial charge in [0.1, 0.15) is 5.69 Å². The van der Waals surface area contributed by atoms with E-state index >= 15 is 0 Å². The highest BCUT2D eigenvalue weighted by atomic mass is 35.5. The maximum absolute atomic E-state index is 12.9. The van der Waals surface area contributed by atoms with E-state index in [-0.39, 0.29) is 0 Å². The molecule has 27 heavy (non-hydrogen) atoms. The molecule has 138 valence electrons. The van der Waals surface area contributed by atoms with Gasteiger partial charge in [-0.25, -0.2) is 4.79 Å². The summed E-state index contributed by atoms with van der Waals surface area (Å²) in [7, 11) is 1.74. The number of aryl methyl sites for hydroxylation is 2. The van der Waals surface area contributed by atoms with Crippen LogP contribution in [0, 0.1) is 6.92 Å². The number of ether oxygens (including phenoxy) is 1. The summed E-state index contributed by atoms with van der Waals surface area (Å²) >= 11 is 6.12. The zero-order valence-corrected chi connectivity index (χ0v) is 15.7. The van der Waals surface area contributed by atoms with E-state index in [0.717, 1.165) is 5.56 Å². The van der Waals surface area contributed by atoms with Gasteiger partial charge in [0.25, 0.3) is 5.91 Å². The van der Waals surface area contributed by atoms with Gasteiger partial charge >= 0.3 is 5.97 Å². The number of rotatable bonds is 5. The van der Waals surface area contributed by atoms with Crippen LogP contribution in [0.5, 0.6) is 0 Å². The number of carbonyl (C=O) groups is 2. The van der Waals surface area contributed by atoms with Crippen LogP contribution in [0.25, 0.3) is 0 Å². The Morgan fingerprint density at radius 2 is 1.81 bits per heavy atom. The molecule has 0 saturated heterocycles. The van der Waals surface area contributed by atoms with E-state index < -0.39 is 18.0 Å². The van der Waals surface area contributed by atoms with E-state index in [9.17, 15) is 9.59 Å². The molecule has 1 aromatic heterocycles. The zero-order chi connectivity index (χ0) is 19.4. The van der Waals surface area contributed by atoms with Crippen molar-refractivity contribution in [1.29, 1.82) is 0 Å². The summed E-state index contributed by atoms with van der Waals surface area (Å²) in [5.41, 5.74) is 2.38. The Morgan fingerprint density at radius 3 is 2.44 bits per heavy atom. The molecule has 3 rings (SSSR count). The summed E-state index contributed by atoms with van der Waals surface area (Å²) in [4.78, 5) is 25.4. The number of carbonyl (C=O) groups excluding carboxylic acids is 2. The van der Waals surface area contributed by atoms with Crippen molar-refractivity contribution in [2.24, 2.45) is 7.05 Å². The predicted molar refractivity (Wildman–Crippen MR) is 105 cm³/mol. The van der Waals surface area contributed by atoms with Crippen molar-refractivity contribution in [3.8, 4) is 0 Å². The van der Waals surface area contributed by atoms with Gasteiger partial charge in [-0.15, -0.1) is 0 Å². The highest BCUT2D eigenvalue weighted by Gasteiger charge is 2.26. The summed E-state index contributed by atoms with van der Waals surface area (Å²) in [6.07, 6.45) is 0.649. The first-order valence-electron chi connectivity index (χ1n) is 8.40. The SMILES string of the molecule is Cc1ccc(NC(=O)[C@H](OC(=O)c2cccn2C)c2ccccc2)cc1Cl. The quantitative estimate of drug-likeness (QED) is 0.660. The molecule has 0 fully saturated rings. The molecule has 1 atom stereocenters. The van der Waals surface area contributed by atoms with Crippen molar-refractivity contribution in [3.05, 3.63) is 88.7 Å². The Hall–Kier alpha value is -3.05. The number of benzene rings is 2. The van der Waals surface area contributed by atoms with Gasteiger partial charge in [-0.05, 0) is 36.8 Å². The summed E-state index contributed by atoms with van der Waals surface area (Å²) in [5, 5.41) is 3.31. The molecule has 1 amide bonds. The molecule has 6 heteroatoms. The summed E-state index contributed by atoms with van der Waals surface area (Å²) in [6.45, 7) is 1.88. The fraction of sp³-hybridized carbons (Fsp3) is 0.143. The second-order valence-corrected chi connectivity index (χ2v) is 6.56. The minimum Gasteiger partial charge on any atom is -0.443 e. The van der Waals surface area contributed by atoms with Crippen molar-refractivity contribution in [1.82, 2.24) is 4.57 Å². The minimum atomic E-state index is -1.09. The zero-order valence-electron chi connectivity index (χ0n) is 15.0. The molecule has 0 unspecified atom stereocenters. The van der Waals surface area contributed by atoms with E-state index in [1.54, 1.807) is 66.3 Å². The number of hydrogen-bond donors (Lipinski definition) is 1. The lowest BCUT2D eigenvalue weighted by molar-refractivity contribution is -0.125. The lowest BCUT2D eigenvalue weighted by Crippen LogP contribution is -2.26. The highest BCUT2D eigenvalue weighted by molar-refractivity contribution is 6.31. The fourth-order valence-electron chi connectivity index (χ4n) is 2.62. The number of nitrogens with one attached hydrogen (secondary N) is 1. The largest absolute Gasteiger partial charge is 0.443 e. The maximum atomic E-state index is 12.9. The molecule has 0 aliphatic carbocycles. The summed E-state index contributed by atoms with van der Waals surface area (Å²) in [6, 6.07) is 17.5. The fourth-order valence-corrected chi connectivity index (χ4v) is 2.80. The van der Waals surface area contributed by atoms with Crippen LogP contribution in [0.2, 0.25) is 5.02 Å². The van der Waals surface area contributed by atoms with Gasteiger partial charge in [-0.2, -0.15) is 0 Å². The first-order valence-corrected chi connectivity index (χ1v) is 8.78. The van der Waals surface area contributed by atoms with Gasteiger partial charge in [0.2, 0.25) is 6.10 Å². The van der Waals surface area contributed by atoms with Gasteiger partial charge in [0.05, 0.1) is 0 Å². The van der Waals surface area contributed by atoms with Gasteiger partial charge in [0.15, 0.2) is 0 Å². The number of halogens is 1. The van der Waals surface area contributed by atoms with Gasteiger partial charge < -0.3 is 14.6 Å². The van der Waals surface area contributed by atoms with Crippen molar-refractivity contribution >= 4 is 29.2 Å². The smallest absolute Gasteiger partial charge is 0.356 e. The first kappa shape index (κ1) is 18.7. The molecule has 0 aliphatic rings. The number of aromatic nitrogens is 1. The Bertz CT molecular complexity index is 967. The standard InChI is InChI=1S/C21H19ClN2O3/c1-14-10-11-16(13-17(14)22)23-20(25)19(15-7-4-3-5-8-15)27-21(26)18-9-6-12-24(18)2/h3-13,19H,1-2H3,(H,23,25)/t19-/m1/s1. The molecule has 0 saturated carbocycles. The number of esters is 1. The molecule has 2 aromatic carbocycles. The van der Waals surface area contributed by atoms with Gasteiger partial charge in [0, 0.05) is 29.5 Å². The molecular weight excluding hydrogens is 364 g/mol. The molecule has 0 aliphatic heterocycles. The average molecular weight is 383 g/mol. The summed E-state index contributed by atoms with van der Waals surface area (Å²) in [5.74, 6) is -1.03. The molecule has 1 N–H and O–H groups in total. The van der Waals surface area contributed by atoms with Crippen molar-refractivity contribution in [3.63, 3.8) is 0 Å². The molecule has 3 aromatic rings. The van der Waals surface area contributed by atoms with Crippen LogP contribution in [0.3, 0.4) is 0 Å². The van der Waals surface area contributed by atoms with Crippen LogP contribution in [0.15, 0.2) is 66.9 Å². The number of nitrogens with zero attached hydrogens (tertiary/aromatic N) is 1. The maximum Gasteiger partial charge on any atom is 0.356 e. The lowest BCUT2D eigenvalue weighted by atomic mass is 10.1. The topological polar surface area (TPSA) is 60.3 Å². The normalized spacial score (nSPS) is 11.7. The molecule has 5 nitrogen and oxygen atoms in total. The van der Waals surface area contributed by atoms with Crippen LogP contribution in [-0.4, -0.2) is 16.4 Å². The van der Waals surface area contributed by atoms with Crippen molar-refractivity contribution in [2.75, 3.05) is 5.32 Å². The third-order valence-corrected chi connectivity index (χ3v) is 4.56. The second-order valence-electron chi connectivity index (χ2n) is 6.15. The van der Waals surface area contributed by atoms with Gasteiger partial charge in [-0.1, -0.05) is 48.0 Å². The Kier molecular flexibility index (Phi) is 5.62. The van der Waals surface area contributed by atoms with Crippen molar-refractivity contribution < 1.29 is 14.3 Å². The Balaban J connectivity index is 1.85. The van der Waals surface area contributed by atoms with Gasteiger partial charge in [-0.3, -0.25) is 4.79 Å². The molecular formula is C21H19ClN2O3. The predicted octanol–water partition coefficient (Wildman–Crippen LogP) is 4.52. The molecule has 1 heterocycles. The van der Waals surface area contributed by atoms with E-state index in [4.69, 9.17) is 16.3 Å². The number of amides is 1. The molecule has 0 spiro atoms. The first-order chi connectivity index (χ1) is 13.0. The molecule has 0 bridgehead atoms. The van der Waals surface area contributed by atoms with E-state index in [0.29, 0.717) is 22.0 Å². The third-order valence-electron chi connectivity index (χ3n) is 4.16. The van der Waals surface area contributed by atoms with Crippen LogP contribution in [0.4, 0.5) is 5.69 Å². The average Bonchev–Trinajstić information content (AvgIpc) is 3.09. The van der Waals surface area contributed by atoms with E-state index in [1.807, 2.05) is 19.1 Å². The Morgan fingerprint density at radius 1 is 1.07 bits per heavy atom. The molecule has 0 radical (unpaired) electrons. The van der Waals surface area contributed by atoms with Crippen LogP contribution < -0.4 is 5.32 Å².